The van der Waals surface area contributed by atoms with Crippen molar-refractivity contribution in [1.82, 2.24) is 9.97 Å². The zero-order valence-electron chi connectivity index (χ0n) is 11.2. The van der Waals surface area contributed by atoms with Gasteiger partial charge in [-0.1, -0.05) is 11.6 Å². The van der Waals surface area contributed by atoms with Crippen LogP contribution < -0.4 is 0 Å². The summed E-state index contributed by atoms with van der Waals surface area (Å²) >= 11 is 5.99. The fraction of sp³-hybridized carbons (Fsp3) is 0.467. The first-order valence-electron chi connectivity index (χ1n) is 6.61. The van der Waals surface area contributed by atoms with Crippen LogP contribution >= 0.6 is 11.6 Å². The number of methoxy groups -OCH3 is 1. The van der Waals surface area contributed by atoms with Crippen molar-refractivity contribution in [3.8, 4) is 0 Å². The first kappa shape index (κ1) is 12.8. The maximum absolute atomic E-state index is 5.99. The highest BCUT2D eigenvalue weighted by Crippen LogP contribution is 2.31. The molecule has 19 heavy (non-hydrogen) atoms. The second kappa shape index (κ2) is 5.06. The van der Waals surface area contributed by atoms with E-state index in [0.29, 0.717) is 11.1 Å². The Hall–Kier alpha value is -1.19. The van der Waals surface area contributed by atoms with Gasteiger partial charge in [-0.15, -0.1) is 0 Å². The van der Waals surface area contributed by atoms with E-state index in [4.69, 9.17) is 21.3 Å². The van der Waals surface area contributed by atoms with Crippen molar-refractivity contribution in [2.24, 2.45) is 5.92 Å². The number of hydrogen-bond donors (Lipinski definition) is 0. The lowest BCUT2D eigenvalue weighted by molar-refractivity contribution is 0.144. The number of nitrogens with zero attached hydrogens (tertiary/aromatic N) is 2. The van der Waals surface area contributed by atoms with Crippen molar-refractivity contribution in [2.45, 2.75) is 26.2 Å². The van der Waals surface area contributed by atoms with Gasteiger partial charge in [0, 0.05) is 24.8 Å². The Balaban J connectivity index is 2.10. The molecule has 0 radical (unpaired) electrons. The smallest absolute Gasteiger partial charge is 0.129 e. The van der Waals surface area contributed by atoms with Crippen LogP contribution in [0.4, 0.5) is 0 Å². The summed E-state index contributed by atoms with van der Waals surface area (Å²) in [6.07, 6.45) is 5.01. The Labute approximate surface area is 118 Å². The summed E-state index contributed by atoms with van der Waals surface area (Å²) in [5.41, 5.74) is 4.85. The zero-order chi connectivity index (χ0) is 13.4. The van der Waals surface area contributed by atoms with Crippen LogP contribution in [0.5, 0.6) is 0 Å². The summed E-state index contributed by atoms with van der Waals surface area (Å²) in [6.45, 7) is 2.99. The molecule has 3 rings (SSSR count). The normalized spacial score (nSPS) is 18.6. The van der Waals surface area contributed by atoms with Crippen molar-refractivity contribution >= 4 is 22.5 Å². The number of ether oxygens (including phenoxy) is 1. The second-order valence-electron chi connectivity index (χ2n) is 5.25. The fourth-order valence-corrected chi connectivity index (χ4v) is 3.15. The molecule has 2 heterocycles. The Morgan fingerprint density at radius 1 is 1.47 bits per heavy atom. The molecule has 100 valence electrons. The van der Waals surface area contributed by atoms with Gasteiger partial charge in [0.1, 0.15) is 5.15 Å². The van der Waals surface area contributed by atoms with E-state index in [1.807, 2.05) is 6.07 Å². The van der Waals surface area contributed by atoms with E-state index in [0.717, 1.165) is 36.8 Å². The van der Waals surface area contributed by atoms with Gasteiger partial charge in [0.15, 0.2) is 0 Å². The average molecular weight is 277 g/mol. The third kappa shape index (κ3) is 2.33. The molecule has 0 fully saturated rings. The number of fused-ring (bicyclic) bond motifs is 2. The molecule has 0 aromatic carbocycles. The molecule has 0 saturated heterocycles. The predicted octanol–water partition coefficient (Wildman–Crippen LogP) is 3.34. The Morgan fingerprint density at radius 3 is 3.11 bits per heavy atom. The Kier molecular flexibility index (Phi) is 3.42. The highest BCUT2D eigenvalue weighted by molar-refractivity contribution is 6.30. The van der Waals surface area contributed by atoms with Gasteiger partial charge in [-0.2, -0.15) is 0 Å². The number of rotatable bonds is 2. The van der Waals surface area contributed by atoms with E-state index in [1.54, 1.807) is 13.3 Å². The molecule has 0 amide bonds. The quantitative estimate of drug-likeness (QED) is 0.789. The number of halogens is 1. The van der Waals surface area contributed by atoms with Crippen molar-refractivity contribution < 1.29 is 4.74 Å². The zero-order valence-corrected chi connectivity index (χ0v) is 12.0. The minimum Gasteiger partial charge on any atom is -0.384 e. The molecule has 1 aliphatic carbocycles. The molecule has 2 aromatic rings. The highest BCUT2D eigenvalue weighted by atomic mass is 35.5. The summed E-state index contributed by atoms with van der Waals surface area (Å²) in [5.74, 6) is 0.604. The third-order valence-corrected chi connectivity index (χ3v) is 4.20. The topological polar surface area (TPSA) is 35.0 Å². The summed E-state index contributed by atoms with van der Waals surface area (Å²) in [5, 5.41) is 1.65. The molecule has 0 N–H and O–H groups in total. The van der Waals surface area contributed by atoms with Gasteiger partial charge in [-0.05, 0) is 49.3 Å². The van der Waals surface area contributed by atoms with Gasteiger partial charge in [-0.3, -0.25) is 4.98 Å². The SMILES string of the molecule is COCC1CCc2nc3cnc(Cl)cc3c(C)c2C1. The van der Waals surface area contributed by atoms with E-state index in [9.17, 15) is 0 Å². The largest absolute Gasteiger partial charge is 0.384 e. The maximum Gasteiger partial charge on any atom is 0.129 e. The molecule has 1 aliphatic rings. The molecule has 1 unspecified atom stereocenters. The summed E-state index contributed by atoms with van der Waals surface area (Å²) in [4.78, 5) is 8.87. The predicted molar refractivity (Wildman–Crippen MR) is 76.7 cm³/mol. The number of hydrogen-bond acceptors (Lipinski definition) is 3. The van der Waals surface area contributed by atoms with E-state index in [2.05, 4.69) is 11.9 Å². The molecule has 0 aliphatic heterocycles. The lowest BCUT2D eigenvalue weighted by Crippen LogP contribution is -2.20. The van der Waals surface area contributed by atoms with Crippen molar-refractivity contribution in [2.75, 3.05) is 13.7 Å². The van der Waals surface area contributed by atoms with Gasteiger partial charge in [-0.25, -0.2) is 4.98 Å². The molecule has 1 atom stereocenters. The van der Waals surface area contributed by atoms with Gasteiger partial charge < -0.3 is 4.74 Å². The Bertz CT molecular complexity index is 627. The molecule has 0 bridgehead atoms. The highest BCUT2D eigenvalue weighted by Gasteiger charge is 2.22. The Morgan fingerprint density at radius 2 is 2.32 bits per heavy atom. The minimum atomic E-state index is 0.529. The van der Waals surface area contributed by atoms with Crippen LogP contribution in [0.3, 0.4) is 0 Å². The minimum absolute atomic E-state index is 0.529. The molecule has 2 aromatic heterocycles. The van der Waals surface area contributed by atoms with Gasteiger partial charge >= 0.3 is 0 Å². The number of aryl methyl sites for hydroxylation is 2. The second-order valence-corrected chi connectivity index (χ2v) is 5.64. The number of pyridine rings is 2. The molecule has 0 saturated carbocycles. The maximum atomic E-state index is 5.99. The first-order valence-corrected chi connectivity index (χ1v) is 6.99. The standard InChI is InChI=1S/C15H17ClN2O/c1-9-11-5-10(8-19-2)3-4-13(11)18-14-7-17-15(16)6-12(9)14/h6-7,10H,3-5,8H2,1-2H3. The molecule has 4 heteroatoms. The third-order valence-electron chi connectivity index (χ3n) is 3.99. The molecule has 3 nitrogen and oxygen atoms in total. The van der Waals surface area contributed by atoms with Crippen LogP contribution in [-0.2, 0) is 17.6 Å². The fourth-order valence-electron chi connectivity index (χ4n) is 2.99. The van der Waals surface area contributed by atoms with Crippen molar-refractivity contribution in [1.29, 1.82) is 0 Å². The summed E-state index contributed by atoms with van der Waals surface area (Å²) in [6, 6.07) is 1.92. The van der Waals surface area contributed by atoms with Gasteiger partial charge in [0.25, 0.3) is 0 Å². The van der Waals surface area contributed by atoms with Crippen LogP contribution in [0.2, 0.25) is 5.15 Å². The molecular formula is C15H17ClN2O. The molecular weight excluding hydrogens is 260 g/mol. The van der Waals surface area contributed by atoms with Crippen LogP contribution in [0.15, 0.2) is 12.3 Å². The van der Waals surface area contributed by atoms with Crippen molar-refractivity contribution in [3.63, 3.8) is 0 Å². The van der Waals surface area contributed by atoms with Crippen LogP contribution in [0.1, 0.15) is 23.2 Å². The average Bonchev–Trinajstić information content (AvgIpc) is 2.41. The van der Waals surface area contributed by atoms with Crippen molar-refractivity contribution in [3.05, 3.63) is 34.2 Å². The van der Waals surface area contributed by atoms with Gasteiger partial charge in [0.05, 0.1) is 11.7 Å². The lowest BCUT2D eigenvalue weighted by atomic mass is 9.84. The van der Waals surface area contributed by atoms with E-state index >= 15 is 0 Å². The monoisotopic (exact) mass is 276 g/mol. The van der Waals surface area contributed by atoms with E-state index in [1.165, 1.54) is 16.8 Å². The van der Waals surface area contributed by atoms with Crippen LogP contribution in [-0.4, -0.2) is 23.7 Å². The summed E-state index contributed by atoms with van der Waals surface area (Å²) in [7, 11) is 1.77. The first-order chi connectivity index (χ1) is 9.19. The summed E-state index contributed by atoms with van der Waals surface area (Å²) < 4.78 is 5.29. The van der Waals surface area contributed by atoms with E-state index < -0.39 is 0 Å². The number of aromatic nitrogens is 2. The van der Waals surface area contributed by atoms with E-state index in [-0.39, 0.29) is 0 Å². The molecule has 0 spiro atoms. The lowest BCUT2D eigenvalue weighted by Gasteiger charge is -2.25. The van der Waals surface area contributed by atoms with Crippen LogP contribution in [0, 0.1) is 12.8 Å². The van der Waals surface area contributed by atoms with Gasteiger partial charge in [0.2, 0.25) is 0 Å². The van der Waals surface area contributed by atoms with Crippen LogP contribution in [0.25, 0.3) is 10.9 Å².